The molecule has 0 aromatic carbocycles. The summed E-state index contributed by atoms with van der Waals surface area (Å²) in [5.74, 6) is 1.21. The average Bonchev–Trinajstić information content (AvgIpc) is 2.61. The molecule has 2 atom stereocenters. The standard InChI is InChI=1S/C13H23N3/c1-2-6-13-15-9-10-16(13)12-8-5-3-4-7-11(12)14/h9-12H,2-8,14H2,1H3. The van der Waals surface area contributed by atoms with Crippen LogP contribution in [0.3, 0.4) is 0 Å². The molecule has 0 spiro atoms. The van der Waals surface area contributed by atoms with Gasteiger partial charge >= 0.3 is 0 Å². The zero-order chi connectivity index (χ0) is 11.4. The van der Waals surface area contributed by atoms with Gasteiger partial charge in [0.1, 0.15) is 5.82 Å². The molecule has 1 aliphatic rings. The van der Waals surface area contributed by atoms with Crippen molar-refractivity contribution in [3.8, 4) is 0 Å². The van der Waals surface area contributed by atoms with E-state index >= 15 is 0 Å². The highest BCUT2D eigenvalue weighted by Crippen LogP contribution is 2.27. The third kappa shape index (κ3) is 2.46. The van der Waals surface area contributed by atoms with Crippen LogP contribution in [0, 0.1) is 0 Å². The van der Waals surface area contributed by atoms with E-state index in [1.54, 1.807) is 0 Å². The second kappa shape index (κ2) is 5.48. The largest absolute Gasteiger partial charge is 0.330 e. The molecule has 0 bridgehead atoms. The van der Waals surface area contributed by atoms with Crippen molar-refractivity contribution >= 4 is 0 Å². The molecule has 1 fully saturated rings. The third-order valence-corrected chi connectivity index (χ3v) is 3.61. The molecule has 1 saturated carbocycles. The van der Waals surface area contributed by atoms with Gasteiger partial charge in [-0.1, -0.05) is 26.2 Å². The monoisotopic (exact) mass is 221 g/mol. The molecule has 3 nitrogen and oxygen atoms in total. The minimum Gasteiger partial charge on any atom is -0.330 e. The first-order valence-corrected chi connectivity index (χ1v) is 6.60. The van der Waals surface area contributed by atoms with Gasteiger partial charge in [-0.15, -0.1) is 0 Å². The molecule has 0 saturated heterocycles. The summed E-state index contributed by atoms with van der Waals surface area (Å²) >= 11 is 0. The Kier molecular flexibility index (Phi) is 3.99. The zero-order valence-electron chi connectivity index (χ0n) is 10.2. The molecule has 2 unspecified atom stereocenters. The fraction of sp³-hybridized carbons (Fsp3) is 0.769. The van der Waals surface area contributed by atoms with Crippen molar-refractivity contribution < 1.29 is 0 Å². The van der Waals surface area contributed by atoms with Crippen LogP contribution in [0.15, 0.2) is 12.4 Å². The lowest BCUT2D eigenvalue weighted by molar-refractivity contribution is 0.377. The number of imidazole rings is 1. The predicted octanol–water partition coefficient (Wildman–Crippen LogP) is 2.67. The molecule has 1 aromatic heterocycles. The molecule has 1 heterocycles. The summed E-state index contributed by atoms with van der Waals surface area (Å²) in [5.41, 5.74) is 6.29. The SMILES string of the molecule is CCCc1nccn1C1CCCCCC1N. The Hall–Kier alpha value is -0.830. The highest BCUT2D eigenvalue weighted by Gasteiger charge is 2.23. The van der Waals surface area contributed by atoms with Crippen molar-refractivity contribution in [3.63, 3.8) is 0 Å². The van der Waals surface area contributed by atoms with Gasteiger partial charge in [-0.2, -0.15) is 0 Å². The Labute approximate surface area is 98.1 Å². The van der Waals surface area contributed by atoms with Crippen LogP contribution in [-0.2, 0) is 6.42 Å². The highest BCUT2D eigenvalue weighted by atomic mass is 15.1. The van der Waals surface area contributed by atoms with E-state index in [0.717, 1.165) is 19.3 Å². The van der Waals surface area contributed by atoms with Crippen molar-refractivity contribution in [2.45, 2.75) is 64.0 Å². The van der Waals surface area contributed by atoms with Crippen LogP contribution in [0.2, 0.25) is 0 Å². The van der Waals surface area contributed by atoms with Gasteiger partial charge in [-0.3, -0.25) is 0 Å². The molecule has 2 rings (SSSR count). The van der Waals surface area contributed by atoms with E-state index in [-0.39, 0.29) is 0 Å². The molecule has 3 heteroatoms. The van der Waals surface area contributed by atoms with Gasteiger partial charge in [0.05, 0.1) is 0 Å². The Balaban J connectivity index is 2.16. The van der Waals surface area contributed by atoms with E-state index in [0.29, 0.717) is 12.1 Å². The lowest BCUT2D eigenvalue weighted by Gasteiger charge is -2.24. The molecule has 16 heavy (non-hydrogen) atoms. The summed E-state index contributed by atoms with van der Waals surface area (Å²) in [5, 5.41) is 0. The Morgan fingerprint density at radius 2 is 2.19 bits per heavy atom. The molecule has 90 valence electrons. The molecule has 1 aromatic rings. The summed E-state index contributed by atoms with van der Waals surface area (Å²) < 4.78 is 2.33. The van der Waals surface area contributed by atoms with Gasteiger partial charge in [-0.25, -0.2) is 4.98 Å². The van der Waals surface area contributed by atoms with E-state index in [9.17, 15) is 0 Å². The summed E-state index contributed by atoms with van der Waals surface area (Å²) in [7, 11) is 0. The van der Waals surface area contributed by atoms with Crippen molar-refractivity contribution in [2.75, 3.05) is 0 Å². The molecular formula is C13H23N3. The second-order valence-corrected chi connectivity index (χ2v) is 4.87. The van der Waals surface area contributed by atoms with Crippen LogP contribution in [0.4, 0.5) is 0 Å². The summed E-state index contributed by atoms with van der Waals surface area (Å²) in [6.45, 7) is 2.20. The Bertz CT molecular complexity index is 319. The number of hydrogen-bond acceptors (Lipinski definition) is 2. The minimum atomic E-state index is 0.312. The van der Waals surface area contributed by atoms with Gasteiger partial charge in [-0.05, 0) is 19.3 Å². The zero-order valence-corrected chi connectivity index (χ0v) is 10.2. The maximum atomic E-state index is 6.29. The van der Waals surface area contributed by atoms with Gasteiger partial charge in [0.15, 0.2) is 0 Å². The van der Waals surface area contributed by atoms with Crippen molar-refractivity contribution in [1.82, 2.24) is 9.55 Å². The van der Waals surface area contributed by atoms with Crippen LogP contribution >= 0.6 is 0 Å². The second-order valence-electron chi connectivity index (χ2n) is 4.87. The first kappa shape index (κ1) is 11.6. The van der Waals surface area contributed by atoms with Gasteiger partial charge in [0.2, 0.25) is 0 Å². The smallest absolute Gasteiger partial charge is 0.108 e. The van der Waals surface area contributed by atoms with Gasteiger partial charge in [0.25, 0.3) is 0 Å². The van der Waals surface area contributed by atoms with Gasteiger partial charge < -0.3 is 10.3 Å². The summed E-state index contributed by atoms with van der Waals surface area (Å²) in [6.07, 6.45) is 12.6. The molecule has 1 aliphatic carbocycles. The van der Waals surface area contributed by atoms with E-state index < -0.39 is 0 Å². The maximum absolute atomic E-state index is 6.29. The van der Waals surface area contributed by atoms with Crippen LogP contribution in [0.5, 0.6) is 0 Å². The van der Waals surface area contributed by atoms with Crippen molar-refractivity contribution in [3.05, 3.63) is 18.2 Å². The Morgan fingerprint density at radius 1 is 1.38 bits per heavy atom. The number of aromatic nitrogens is 2. The summed E-state index contributed by atoms with van der Waals surface area (Å²) in [6, 6.07) is 0.791. The molecule has 0 aliphatic heterocycles. The number of rotatable bonds is 3. The van der Waals surface area contributed by atoms with Crippen molar-refractivity contribution in [1.29, 1.82) is 0 Å². The van der Waals surface area contributed by atoms with E-state index in [2.05, 4.69) is 22.7 Å². The van der Waals surface area contributed by atoms with E-state index in [4.69, 9.17) is 5.73 Å². The lowest BCUT2D eigenvalue weighted by atomic mass is 10.0. The van der Waals surface area contributed by atoms with Crippen molar-refractivity contribution in [2.24, 2.45) is 5.73 Å². The van der Waals surface area contributed by atoms with Gasteiger partial charge in [0, 0.05) is 30.9 Å². The van der Waals surface area contributed by atoms with E-state index in [1.807, 2.05) is 6.20 Å². The van der Waals surface area contributed by atoms with Crippen LogP contribution < -0.4 is 5.73 Å². The average molecular weight is 221 g/mol. The van der Waals surface area contributed by atoms with Crippen LogP contribution in [-0.4, -0.2) is 15.6 Å². The first-order chi connectivity index (χ1) is 7.83. The lowest BCUT2D eigenvalue weighted by Crippen LogP contribution is -2.31. The van der Waals surface area contributed by atoms with Crippen LogP contribution in [0.25, 0.3) is 0 Å². The first-order valence-electron chi connectivity index (χ1n) is 6.60. The normalized spacial score (nSPS) is 26.6. The Morgan fingerprint density at radius 3 is 3.00 bits per heavy atom. The van der Waals surface area contributed by atoms with E-state index in [1.165, 1.54) is 31.5 Å². The maximum Gasteiger partial charge on any atom is 0.108 e. The quantitative estimate of drug-likeness (QED) is 0.797. The fourth-order valence-corrected chi connectivity index (χ4v) is 2.73. The molecule has 0 radical (unpaired) electrons. The third-order valence-electron chi connectivity index (χ3n) is 3.61. The number of aryl methyl sites for hydroxylation is 1. The topological polar surface area (TPSA) is 43.8 Å². The molecule has 2 N–H and O–H groups in total. The minimum absolute atomic E-state index is 0.312. The number of nitrogens with two attached hydrogens (primary N) is 1. The number of nitrogens with zero attached hydrogens (tertiary/aromatic N) is 2. The predicted molar refractivity (Wildman–Crippen MR) is 66.3 cm³/mol. The van der Waals surface area contributed by atoms with Crippen LogP contribution in [0.1, 0.15) is 57.3 Å². The summed E-state index contributed by atoms with van der Waals surface area (Å²) in [4.78, 5) is 4.45. The highest BCUT2D eigenvalue weighted by molar-refractivity contribution is 4.98. The number of hydrogen-bond donors (Lipinski definition) is 1. The molecular weight excluding hydrogens is 198 g/mol. The fourth-order valence-electron chi connectivity index (χ4n) is 2.73. The molecule has 0 amide bonds.